The van der Waals surface area contributed by atoms with Crippen molar-refractivity contribution < 1.29 is 4.39 Å². The van der Waals surface area contributed by atoms with Gasteiger partial charge in [-0.25, -0.2) is 4.39 Å². The van der Waals surface area contributed by atoms with E-state index in [-0.39, 0.29) is 11.9 Å². The highest BCUT2D eigenvalue weighted by atomic mass is 79.9. The lowest BCUT2D eigenvalue weighted by Gasteiger charge is -2.20. The van der Waals surface area contributed by atoms with Gasteiger partial charge in [0.15, 0.2) is 0 Å². The molecule has 1 atom stereocenters. The second-order valence-electron chi connectivity index (χ2n) is 3.91. The first kappa shape index (κ1) is 13.5. The smallest absolute Gasteiger partial charge is 0.123 e. The van der Waals surface area contributed by atoms with Crippen LogP contribution in [0.25, 0.3) is 0 Å². The number of rotatable bonds is 3. The maximum Gasteiger partial charge on any atom is 0.123 e. The van der Waals surface area contributed by atoms with Crippen LogP contribution in [0, 0.1) is 5.82 Å². The van der Waals surface area contributed by atoms with Crippen LogP contribution in [-0.4, -0.2) is 7.05 Å². The highest BCUT2D eigenvalue weighted by molar-refractivity contribution is 9.10. The molecule has 0 bridgehead atoms. The first-order valence-corrected chi connectivity index (χ1v) is 6.67. The van der Waals surface area contributed by atoms with Crippen LogP contribution in [0.5, 0.6) is 0 Å². The summed E-state index contributed by atoms with van der Waals surface area (Å²) in [5.74, 6) is -0.290. The molecule has 0 aromatic heterocycles. The summed E-state index contributed by atoms with van der Waals surface area (Å²) in [6.07, 6.45) is 0. The van der Waals surface area contributed by atoms with Crippen molar-refractivity contribution in [2.75, 3.05) is 7.05 Å². The van der Waals surface area contributed by atoms with Gasteiger partial charge in [-0.2, -0.15) is 0 Å². The molecule has 1 nitrogen and oxygen atoms in total. The predicted octanol–water partition coefficient (Wildman–Crippen LogP) is 4.55. The van der Waals surface area contributed by atoms with Crippen LogP contribution >= 0.6 is 27.5 Å². The Kier molecular flexibility index (Phi) is 4.38. The summed E-state index contributed by atoms with van der Waals surface area (Å²) in [6.45, 7) is 0. The Morgan fingerprint density at radius 1 is 1.17 bits per heavy atom. The van der Waals surface area contributed by atoms with E-state index >= 15 is 0 Å². The van der Waals surface area contributed by atoms with Crippen molar-refractivity contribution in [3.63, 3.8) is 0 Å². The molecule has 2 rings (SSSR count). The lowest BCUT2D eigenvalue weighted by Crippen LogP contribution is -2.18. The van der Waals surface area contributed by atoms with Gasteiger partial charge in [-0.05, 0) is 42.4 Å². The summed E-state index contributed by atoms with van der Waals surface area (Å²) < 4.78 is 14.3. The van der Waals surface area contributed by atoms with E-state index in [1.54, 1.807) is 6.07 Å². The van der Waals surface area contributed by atoms with Crippen molar-refractivity contribution in [3.05, 3.63) is 68.9 Å². The third kappa shape index (κ3) is 2.74. The van der Waals surface area contributed by atoms with Crippen LogP contribution in [-0.2, 0) is 0 Å². The first-order valence-electron chi connectivity index (χ1n) is 5.50. The third-order valence-electron chi connectivity index (χ3n) is 2.77. The van der Waals surface area contributed by atoms with E-state index in [1.165, 1.54) is 12.1 Å². The summed E-state index contributed by atoms with van der Waals surface area (Å²) in [6, 6.07) is 12.1. The molecule has 94 valence electrons. The van der Waals surface area contributed by atoms with Gasteiger partial charge in [-0.1, -0.05) is 45.7 Å². The van der Waals surface area contributed by atoms with Gasteiger partial charge in [0.1, 0.15) is 5.82 Å². The zero-order valence-corrected chi connectivity index (χ0v) is 12.1. The average molecular weight is 329 g/mol. The van der Waals surface area contributed by atoms with Gasteiger partial charge in [0.05, 0.1) is 6.04 Å². The fourth-order valence-corrected chi connectivity index (χ4v) is 2.66. The minimum Gasteiger partial charge on any atom is -0.309 e. The topological polar surface area (TPSA) is 12.0 Å². The molecular weight excluding hydrogens is 317 g/mol. The van der Waals surface area contributed by atoms with Crippen LogP contribution in [0.1, 0.15) is 17.2 Å². The maximum absolute atomic E-state index is 13.4. The quantitative estimate of drug-likeness (QED) is 0.871. The number of hydrogen-bond donors (Lipinski definition) is 1. The Morgan fingerprint density at radius 2 is 1.89 bits per heavy atom. The molecule has 0 spiro atoms. The summed E-state index contributed by atoms with van der Waals surface area (Å²) in [5, 5.41) is 3.71. The molecule has 0 aliphatic rings. The molecule has 0 heterocycles. The molecule has 1 N–H and O–H groups in total. The molecule has 0 fully saturated rings. The van der Waals surface area contributed by atoms with Gasteiger partial charge in [-0.3, -0.25) is 0 Å². The molecular formula is C14H12BrClFN. The van der Waals surface area contributed by atoms with Crippen LogP contribution in [0.15, 0.2) is 46.9 Å². The zero-order chi connectivity index (χ0) is 13.1. The summed E-state index contributed by atoms with van der Waals surface area (Å²) in [7, 11) is 1.82. The third-order valence-corrected chi connectivity index (χ3v) is 3.84. The Labute approximate surface area is 119 Å². The Hall–Kier alpha value is -0.900. The van der Waals surface area contributed by atoms with Crippen LogP contribution in [0.2, 0.25) is 5.02 Å². The molecule has 0 amide bonds. The second-order valence-corrected chi connectivity index (χ2v) is 5.17. The molecule has 2 aromatic rings. The van der Waals surface area contributed by atoms with E-state index in [2.05, 4.69) is 21.2 Å². The van der Waals surface area contributed by atoms with E-state index in [4.69, 9.17) is 11.6 Å². The molecule has 0 aliphatic heterocycles. The van der Waals surface area contributed by atoms with Gasteiger partial charge in [-0.15, -0.1) is 0 Å². The molecule has 18 heavy (non-hydrogen) atoms. The van der Waals surface area contributed by atoms with Crippen molar-refractivity contribution >= 4 is 27.5 Å². The minimum absolute atomic E-state index is 0.149. The lowest BCUT2D eigenvalue weighted by atomic mass is 9.99. The standard InChI is InChI=1S/C14H12BrClFN/c1-18-14(10-4-2-3-5-12(10)15)11-8-9(17)6-7-13(11)16/h2-8,14,18H,1H3. The van der Waals surface area contributed by atoms with Crippen molar-refractivity contribution in [2.45, 2.75) is 6.04 Å². The van der Waals surface area contributed by atoms with E-state index in [1.807, 2.05) is 31.3 Å². The SMILES string of the molecule is CNC(c1cc(F)ccc1Cl)c1ccccc1Br. The Bertz CT molecular complexity index is 559. The van der Waals surface area contributed by atoms with Crippen molar-refractivity contribution in [1.82, 2.24) is 5.32 Å². The molecule has 2 aromatic carbocycles. The largest absolute Gasteiger partial charge is 0.309 e. The number of nitrogens with one attached hydrogen (secondary N) is 1. The highest BCUT2D eigenvalue weighted by Gasteiger charge is 2.17. The highest BCUT2D eigenvalue weighted by Crippen LogP contribution is 2.32. The Balaban J connectivity index is 2.52. The van der Waals surface area contributed by atoms with E-state index < -0.39 is 0 Å². The zero-order valence-electron chi connectivity index (χ0n) is 9.75. The fraction of sp³-hybridized carbons (Fsp3) is 0.143. The minimum atomic E-state index is -0.290. The molecule has 0 aliphatic carbocycles. The van der Waals surface area contributed by atoms with Gasteiger partial charge in [0.25, 0.3) is 0 Å². The number of halogens is 3. The van der Waals surface area contributed by atoms with Crippen LogP contribution in [0.3, 0.4) is 0 Å². The van der Waals surface area contributed by atoms with Crippen molar-refractivity contribution in [3.8, 4) is 0 Å². The van der Waals surface area contributed by atoms with Crippen LogP contribution < -0.4 is 5.32 Å². The van der Waals surface area contributed by atoms with E-state index in [0.29, 0.717) is 5.02 Å². The first-order chi connectivity index (χ1) is 8.63. The predicted molar refractivity (Wildman–Crippen MR) is 76.5 cm³/mol. The van der Waals surface area contributed by atoms with Gasteiger partial charge >= 0.3 is 0 Å². The normalized spacial score (nSPS) is 12.4. The van der Waals surface area contributed by atoms with E-state index in [9.17, 15) is 4.39 Å². The van der Waals surface area contributed by atoms with Gasteiger partial charge in [0, 0.05) is 9.50 Å². The number of hydrogen-bond acceptors (Lipinski definition) is 1. The monoisotopic (exact) mass is 327 g/mol. The number of benzene rings is 2. The fourth-order valence-electron chi connectivity index (χ4n) is 1.92. The summed E-state index contributed by atoms with van der Waals surface area (Å²) >= 11 is 9.65. The van der Waals surface area contributed by atoms with Gasteiger partial charge < -0.3 is 5.32 Å². The average Bonchev–Trinajstić information content (AvgIpc) is 2.36. The molecule has 0 radical (unpaired) electrons. The Morgan fingerprint density at radius 3 is 2.56 bits per heavy atom. The molecule has 4 heteroatoms. The van der Waals surface area contributed by atoms with Gasteiger partial charge in [0.2, 0.25) is 0 Å². The summed E-state index contributed by atoms with van der Waals surface area (Å²) in [4.78, 5) is 0. The van der Waals surface area contributed by atoms with Crippen molar-refractivity contribution in [2.24, 2.45) is 0 Å². The molecule has 0 saturated heterocycles. The van der Waals surface area contributed by atoms with E-state index in [0.717, 1.165) is 15.6 Å². The molecule has 0 saturated carbocycles. The second kappa shape index (κ2) is 5.83. The maximum atomic E-state index is 13.4. The summed E-state index contributed by atoms with van der Waals surface area (Å²) in [5.41, 5.74) is 1.75. The lowest BCUT2D eigenvalue weighted by molar-refractivity contribution is 0.616. The van der Waals surface area contributed by atoms with Crippen molar-refractivity contribution in [1.29, 1.82) is 0 Å². The van der Waals surface area contributed by atoms with Crippen LogP contribution in [0.4, 0.5) is 4.39 Å². The molecule has 1 unspecified atom stereocenters.